The number of methoxy groups -OCH3 is 1. The summed E-state index contributed by atoms with van der Waals surface area (Å²) in [6, 6.07) is 4.71. The minimum Gasteiger partial charge on any atom is -0.493 e. The summed E-state index contributed by atoms with van der Waals surface area (Å²) in [4.78, 5) is 36.7. The van der Waals surface area contributed by atoms with Crippen molar-refractivity contribution in [3.05, 3.63) is 23.8 Å². The molecule has 0 bridgehead atoms. The average Bonchev–Trinajstić information content (AvgIpc) is 2.98. The Kier molecular flexibility index (Phi) is 6.30. The molecule has 0 atom stereocenters. The molecule has 1 aromatic rings. The van der Waals surface area contributed by atoms with Gasteiger partial charge in [0.1, 0.15) is 6.54 Å². The van der Waals surface area contributed by atoms with Gasteiger partial charge < -0.3 is 14.4 Å². The summed E-state index contributed by atoms with van der Waals surface area (Å²) in [6.07, 6.45) is 0. The third-order valence-electron chi connectivity index (χ3n) is 3.20. The first kappa shape index (κ1) is 17.9. The summed E-state index contributed by atoms with van der Waals surface area (Å²) >= 11 is 1.45. The highest BCUT2D eigenvalue weighted by Gasteiger charge is 2.23. The maximum absolute atomic E-state index is 12.1. The molecule has 1 aliphatic rings. The van der Waals surface area contributed by atoms with Gasteiger partial charge in [0.2, 0.25) is 5.91 Å². The molecule has 1 heterocycles. The molecule has 8 nitrogen and oxygen atoms in total. The molecule has 0 saturated carbocycles. The second-order valence-corrected chi connectivity index (χ2v) is 5.83. The van der Waals surface area contributed by atoms with E-state index in [0.29, 0.717) is 35.3 Å². The Bertz CT molecular complexity index is 638. The number of hydrogen-bond donors (Lipinski definition) is 2. The van der Waals surface area contributed by atoms with Crippen LogP contribution in [0.3, 0.4) is 0 Å². The lowest BCUT2D eigenvalue weighted by atomic mass is 10.2. The van der Waals surface area contributed by atoms with E-state index in [9.17, 15) is 14.4 Å². The van der Waals surface area contributed by atoms with Gasteiger partial charge in [0, 0.05) is 5.56 Å². The first-order valence-corrected chi connectivity index (χ1v) is 8.46. The van der Waals surface area contributed by atoms with E-state index in [-0.39, 0.29) is 12.5 Å². The number of benzene rings is 1. The van der Waals surface area contributed by atoms with E-state index < -0.39 is 11.8 Å². The number of rotatable bonds is 6. The maximum atomic E-state index is 12.1. The number of hydrogen-bond acceptors (Lipinski definition) is 6. The number of amides is 3. The maximum Gasteiger partial charge on any atom is 0.269 e. The van der Waals surface area contributed by atoms with E-state index in [1.165, 1.54) is 29.8 Å². The predicted molar refractivity (Wildman–Crippen MR) is 88.8 cm³/mol. The molecule has 1 fully saturated rings. The van der Waals surface area contributed by atoms with Crippen molar-refractivity contribution in [1.29, 1.82) is 0 Å². The van der Waals surface area contributed by atoms with Crippen LogP contribution < -0.4 is 20.3 Å². The minimum atomic E-state index is -0.494. The Hall–Kier alpha value is -2.42. The van der Waals surface area contributed by atoms with Gasteiger partial charge in [-0.05, 0) is 25.1 Å². The summed E-state index contributed by atoms with van der Waals surface area (Å²) < 4.78 is 10.6. The summed E-state index contributed by atoms with van der Waals surface area (Å²) in [5.41, 5.74) is 4.91. The molecule has 0 unspecified atom stereocenters. The van der Waals surface area contributed by atoms with E-state index >= 15 is 0 Å². The van der Waals surface area contributed by atoms with Gasteiger partial charge in [-0.25, -0.2) is 0 Å². The van der Waals surface area contributed by atoms with Crippen molar-refractivity contribution in [2.75, 3.05) is 31.9 Å². The Balaban J connectivity index is 1.89. The first-order valence-electron chi connectivity index (χ1n) is 7.30. The van der Waals surface area contributed by atoms with Crippen LogP contribution in [-0.4, -0.2) is 54.5 Å². The van der Waals surface area contributed by atoms with Crippen LogP contribution in [0.4, 0.5) is 0 Å². The lowest BCUT2D eigenvalue weighted by Gasteiger charge is -2.15. The zero-order valence-electron chi connectivity index (χ0n) is 13.5. The smallest absolute Gasteiger partial charge is 0.269 e. The van der Waals surface area contributed by atoms with E-state index in [1.807, 2.05) is 6.92 Å². The van der Waals surface area contributed by atoms with Crippen LogP contribution >= 0.6 is 11.8 Å². The standard InChI is InChI=1S/C15H19N3O5S/c1-3-23-11-5-4-10(6-12(11)22-2)15(21)17-16-13(19)7-18-9-24-8-14(18)20/h4-6H,3,7-9H2,1-2H3,(H,16,19)(H,17,21). The van der Waals surface area contributed by atoms with Gasteiger partial charge in [-0.2, -0.15) is 0 Å². The number of nitrogens with one attached hydrogen (secondary N) is 2. The molecule has 2 N–H and O–H groups in total. The number of ether oxygens (including phenoxy) is 2. The molecular weight excluding hydrogens is 334 g/mol. The predicted octanol–water partition coefficient (Wildman–Crippen LogP) is 0.388. The number of hydrazine groups is 1. The number of carbonyl (C=O) groups excluding carboxylic acids is 3. The van der Waals surface area contributed by atoms with Gasteiger partial charge in [0.25, 0.3) is 11.8 Å². The summed E-state index contributed by atoms with van der Waals surface area (Å²) in [7, 11) is 1.48. The lowest BCUT2D eigenvalue weighted by Crippen LogP contribution is -2.46. The molecule has 130 valence electrons. The quantitative estimate of drug-likeness (QED) is 0.718. The van der Waals surface area contributed by atoms with Crippen LogP contribution in [-0.2, 0) is 9.59 Å². The number of nitrogens with zero attached hydrogens (tertiary/aromatic N) is 1. The van der Waals surface area contributed by atoms with Crippen molar-refractivity contribution in [3.63, 3.8) is 0 Å². The molecule has 9 heteroatoms. The van der Waals surface area contributed by atoms with Crippen molar-refractivity contribution < 1.29 is 23.9 Å². The Morgan fingerprint density at radius 1 is 1.29 bits per heavy atom. The average molecular weight is 353 g/mol. The Morgan fingerprint density at radius 3 is 2.71 bits per heavy atom. The SMILES string of the molecule is CCOc1ccc(C(=O)NNC(=O)CN2CSCC2=O)cc1OC. The topological polar surface area (TPSA) is 97.0 Å². The van der Waals surface area contributed by atoms with Crippen LogP contribution in [0.2, 0.25) is 0 Å². The first-order chi connectivity index (χ1) is 11.5. The zero-order valence-corrected chi connectivity index (χ0v) is 14.3. The number of carbonyl (C=O) groups is 3. The third kappa shape index (κ3) is 4.54. The minimum absolute atomic E-state index is 0.0846. The highest BCUT2D eigenvalue weighted by molar-refractivity contribution is 8.00. The normalized spacial score (nSPS) is 13.6. The molecule has 1 aromatic carbocycles. The van der Waals surface area contributed by atoms with E-state index in [0.717, 1.165) is 0 Å². The van der Waals surface area contributed by atoms with E-state index in [1.54, 1.807) is 12.1 Å². The molecule has 0 aromatic heterocycles. The zero-order chi connectivity index (χ0) is 17.5. The van der Waals surface area contributed by atoms with Gasteiger partial charge >= 0.3 is 0 Å². The van der Waals surface area contributed by atoms with Gasteiger partial charge in [-0.3, -0.25) is 25.2 Å². The molecule has 3 amide bonds. The Morgan fingerprint density at radius 2 is 2.08 bits per heavy atom. The van der Waals surface area contributed by atoms with Crippen molar-refractivity contribution >= 4 is 29.5 Å². The highest BCUT2D eigenvalue weighted by Crippen LogP contribution is 2.27. The highest BCUT2D eigenvalue weighted by atomic mass is 32.2. The molecule has 1 saturated heterocycles. The van der Waals surface area contributed by atoms with E-state index in [2.05, 4.69) is 10.9 Å². The fourth-order valence-electron chi connectivity index (χ4n) is 2.04. The van der Waals surface area contributed by atoms with Crippen molar-refractivity contribution in [2.45, 2.75) is 6.92 Å². The Labute approximate surface area is 143 Å². The van der Waals surface area contributed by atoms with Crippen LogP contribution in [0.15, 0.2) is 18.2 Å². The molecule has 0 spiro atoms. The molecule has 1 aliphatic heterocycles. The van der Waals surface area contributed by atoms with Crippen molar-refractivity contribution in [2.24, 2.45) is 0 Å². The van der Waals surface area contributed by atoms with Crippen LogP contribution in [0.25, 0.3) is 0 Å². The van der Waals surface area contributed by atoms with Crippen LogP contribution in [0, 0.1) is 0 Å². The summed E-state index contributed by atoms with van der Waals surface area (Å²) in [5.74, 6) is 0.782. The van der Waals surface area contributed by atoms with Crippen LogP contribution in [0.5, 0.6) is 11.5 Å². The van der Waals surface area contributed by atoms with E-state index in [4.69, 9.17) is 9.47 Å². The number of thioether (sulfide) groups is 1. The summed E-state index contributed by atoms with van der Waals surface area (Å²) in [5, 5.41) is 0. The molecular formula is C15H19N3O5S. The summed E-state index contributed by atoms with van der Waals surface area (Å²) in [6.45, 7) is 2.24. The van der Waals surface area contributed by atoms with Crippen molar-refractivity contribution in [3.8, 4) is 11.5 Å². The van der Waals surface area contributed by atoms with Crippen LogP contribution in [0.1, 0.15) is 17.3 Å². The van der Waals surface area contributed by atoms with Gasteiger partial charge in [0.05, 0.1) is 25.3 Å². The second kappa shape index (κ2) is 8.44. The molecule has 2 rings (SSSR count). The fourth-order valence-corrected chi connectivity index (χ4v) is 2.94. The van der Waals surface area contributed by atoms with Crippen molar-refractivity contribution in [1.82, 2.24) is 15.8 Å². The monoisotopic (exact) mass is 353 g/mol. The third-order valence-corrected chi connectivity index (χ3v) is 4.15. The van der Waals surface area contributed by atoms with Gasteiger partial charge in [-0.1, -0.05) is 0 Å². The van der Waals surface area contributed by atoms with Gasteiger partial charge in [-0.15, -0.1) is 11.8 Å². The lowest BCUT2D eigenvalue weighted by molar-refractivity contribution is -0.132. The second-order valence-electron chi connectivity index (χ2n) is 4.87. The largest absolute Gasteiger partial charge is 0.493 e. The van der Waals surface area contributed by atoms with Gasteiger partial charge in [0.15, 0.2) is 11.5 Å². The molecule has 0 aliphatic carbocycles. The fraction of sp³-hybridized carbons (Fsp3) is 0.400. The molecule has 24 heavy (non-hydrogen) atoms. The molecule has 0 radical (unpaired) electrons.